The molecule has 2 aromatic carbocycles. The Bertz CT molecular complexity index is 537. The second-order valence-electron chi connectivity index (χ2n) is 4.72. The zero-order valence-corrected chi connectivity index (χ0v) is 14.2. The molecule has 1 unspecified atom stereocenters. The normalized spacial score (nSPS) is 14.1. The minimum absolute atomic E-state index is 0.316. The van der Waals surface area contributed by atoms with Crippen LogP contribution in [0.2, 0.25) is 0 Å². The van der Waals surface area contributed by atoms with E-state index in [2.05, 4.69) is 93.5 Å². The van der Waals surface area contributed by atoms with E-state index in [0.717, 1.165) is 8.95 Å². The number of nitrogens with one attached hydrogen (secondary N) is 1. The molecule has 0 aromatic heterocycles. The molecule has 1 N–H and O–H groups in total. The molecule has 0 bridgehead atoms. The molecule has 0 aliphatic rings. The van der Waals surface area contributed by atoms with Crippen LogP contribution in [0.1, 0.15) is 37.1 Å². The maximum Gasteiger partial charge on any atom is 0.0297 e. The van der Waals surface area contributed by atoms with E-state index in [1.807, 2.05) is 6.07 Å². The molecule has 2 atom stereocenters. The van der Waals surface area contributed by atoms with E-state index in [9.17, 15) is 0 Å². The summed E-state index contributed by atoms with van der Waals surface area (Å²) < 4.78 is 2.23. The van der Waals surface area contributed by atoms with Crippen LogP contribution in [0.3, 0.4) is 0 Å². The summed E-state index contributed by atoms with van der Waals surface area (Å²) in [6.45, 7) is 4.38. The lowest BCUT2D eigenvalue weighted by Crippen LogP contribution is -2.22. The fraction of sp³-hybridized carbons (Fsp3) is 0.250. The van der Waals surface area contributed by atoms with Crippen LogP contribution >= 0.6 is 31.9 Å². The van der Waals surface area contributed by atoms with Crippen LogP contribution in [-0.4, -0.2) is 0 Å². The van der Waals surface area contributed by atoms with Gasteiger partial charge in [-0.15, -0.1) is 0 Å². The van der Waals surface area contributed by atoms with Gasteiger partial charge in [0.2, 0.25) is 0 Å². The molecule has 0 saturated heterocycles. The molecule has 0 radical (unpaired) electrons. The summed E-state index contributed by atoms with van der Waals surface area (Å²) in [4.78, 5) is 0. The van der Waals surface area contributed by atoms with E-state index in [4.69, 9.17) is 0 Å². The molecule has 1 nitrogen and oxygen atoms in total. The topological polar surface area (TPSA) is 12.0 Å². The molecule has 0 amide bonds. The van der Waals surface area contributed by atoms with Crippen LogP contribution in [0.25, 0.3) is 0 Å². The Hall–Kier alpha value is -0.640. The van der Waals surface area contributed by atoms with E-state index < -0.39 is 0 Å². The first-order chi connectivity index (χ1) is 9.06. The van der Waals surface area contributed by atoms with E-state index in [1.54, 1.807) is 0 Å². The Kier molecular flexibility index (Phi) is 5.20. The van der Waals surface area contributed by atoms with Crippen LogP contribution in [0, 0.1) is 0 Å². The first-order valence-corrected chi connectivity index (χ1v) is 7.92. The summed E-state index contributed by atoms with van der Waals surface area (Å²) in [6, 6.07) is 17.5. The third kappa shape index (κ3) is 4.16. The molecule has 0 aliphatic heterocycles. The third-order valence-electron chi connectivity index (χ3n) is 3.22. The van der Waals surface area contributed by atoms with Crippen molar-refractivity contribution in [2.75, 3.05) is 0 Å². The minimum atomic E-state index is 0.316. The monoisotopic (exact) mass is 381 g/mol. The number of benzene rings is 2. The van der Waals surface area contributed by atoms with E-state index in [-0.39, 0.29) is 0 Å². The summed E-state index contributed by atoms with van der Waals surface area (Å²) >= 11 is 6.98. The predicted octanol–water partition coefficient (Wildman–Crippen LogP) is 5.62. The Morgan fingerprint density at radius 2 is 1.42 bits per heavy atom. The number of rotatable bonds is 4. The highest BCUT2D eigenvalue weighted by molar-refractivity contribution is 9.10. The lowest BCUT2D eigenvalue weighted by molar-refractivity contribution is 0.494. The fourth-order valence-corrected chi connectivity index (χ4v) is 2.78. The molecular formula is C16H17Br2N. The fourth-order valence-electron chi connectivity index (χ4n) is 2.09. The largest absolute Gasteiger partial charge is 0.304 e. The van der Waals surface area contributed by atoms with Crippen molar-refractivity contribution in [3.8, 4) is 0 Å². The molecular weight excluding hydrogens is 366 g/mol. The number of hydrogen-bond acceptors (Lipinski definition) is 1. The summed E-state index contributed by atoms with van der Waals surface area (Å²) in [5.41, 5.74) is 2.59. The van der Waals surface area contributed by atoms with Gasteiger partial charge in [0, 0.05) is 21.0 Å². The van der Waals surface area contributed by atoms with E-state index >= 15 is 0 Å². The number of hydrogen-bond donors (Lipinski definition) is 1. The molecule has 0 aliphatic carbocycles. The van der Waals surface area contributed by atoms with Gasteiger partial charge >= 0.3 is 0 Å². The molecule has 100 valence electrons. The van der Waals surface area contributed by atoms with Gasteiger partial charge < -0.3 is 5.32 Å². The summed E-state index contributed by atoms with van der Waals surface area (Å²) in [5.74, 6) is 0. The Balaban J connectivity index is 2.06. The van der Waals surface area contributed by atoms with Gasteiger partial charge in [0.1, 0.15) is 0 Å². The van der Waals surface area contributed by atoms with Crippen molar-refractivity contribution in [3.05, 3.63) is 68.6 Å². The predicted molar refractivity (Wildman–Crippen MR) is 88.2 cm³/mol. The highest BCUT2D eigenvalue weighted by atomic mass is 79.9. The van der Waals surface area contributed by atoms with Gasteiger partial charge in [0.25, 0.3) is 0 Å². The van der Waals surface area contributed by atoms with Crippen molar-refractivity contribution < 1.29 is 0 Å². The molecule has 19 heavy (non-hydrogen) atoms. The first-order valence-electron chi connectivity index (χ1n) is 6.33. The average Bonchev–Trinajstić information content (AvgIpc) is 2.39. The zero-order chi connectivity index (χ0) is 13.8. The Morgan fingerprint density at radius 1 is 0.789 bits per heavy atom. The molecule has 0 heterocycles. The van der Waals surface area contributed by atoms with Gasteiger partial charge in [-0.2, -0.15) is 0 Å². The third-order valence-corrected chi connectivity index (χ3v) is 4.24. The van der Waals surface area contributed by atoms with Crippen LogP contribution < -0.4 is 5.32 Å². The van der Waals surface area contributed by atoms with Crippen molar-refractivity contribution in [1.82, 2.24) is 5.32 Å². The second kappa shape index (κ2) is 6.69. The lowest BCUT2D eigenvalue weighted by Gasteiger charge is -2.21. The quantitative estimate of drug-likeness (QED) is 0.723. The standard InChI is InChI=1S/C16H17Br2N/c1-11(13-6-8-15(17)9-7-13)19-12(2)14-4-3-5-16(18)10-14/h3-12,19H,1-2H3/t11?,12-/m0/s1. The van der Waals surface area contributed by atoms with Crippen molar-refractivity contribution in [2.24, 2.45) is 0 Å². The van der Waals surface area contributed by atoms with Crippen LogP contribution in [0.15, 0.2) is 57.5 Å². The highest BCUT2D eigenvalue weighted by Gasteiger charge is 2.11. The molecule has 2 aromatic rings. The van der Waals surface area contributed by atoms with Crippen molar-refractivity contribution in [3.63, 3.8) is 0 Å². The molecule has 0 fully saturated rings. The second-order valence-corrected chi connectivity index (χ2v) is 6.55. The van der Waals surface area contributed by atoms with Crippen LogP contribution in [0.5, 0.6) is 0 Å². The smallest absolute Gasteiger partial charge is 0.0297 e. The van der Waals surface area contributed by atoms with E-state index in [1.165, 1.54) is 11.1 Å². The van der Waals surface area contributed by atoms with Crippen LogP contribution in [0.4, 0.5) is 0 Å². The van der Waals surface area contributed by atoms with Crippen molar-refractivity contribution in [1.29, 1.82) is 0 Å². The zero-order valence-electron chi connectivity index (χ0n) is 11.0. The van der Waals surface area contributed by atoms with Crippen molar-refractivity contribution in [2.45, 2.75) is 25.9 Å². The average molecular weight is 383 g/mol. The minimum Gasteiger partial charge on any atom is -0.304 e. The summed E-state index contributed by atoms with van der Waals surface area (Å²) in [7, 11) is 0. The van der Waals surface area contributed by atoms with Gasteiger partial charge in [-0.1, -0.05) is 56.1 Å². The van der Waals surface area contributed by atoms with Gasteiger partial charge in [-0.25, -0.2) is 0 Å². The molecule has 2 rings (SSSR count). The molecule has 0 saturated carbocycles. The lowest BCUT2D eigenvalue weighted by atomic mass is 10.0. The number of halogens is 2. The van der Waals surface area contributed by atoms with Crippen molar-refractivity contribution >= 4 is 31.9 Å². The SMILES string of the molecule is CC(N[C@@H](C)c1cccc(Br)c1)c1ccc(Br)cc1. The van der Waals surface area contributed by atoms with Gasteiger partial charge in [-0.05, 0) is 49.2 Å². The maximum absolute atomic E-state index is 3.62. The van der Waals surface area contributed by atoms with Gasteiger partial charge in [0.15, 0.2) is 0 Å². The highest BCUT2D eigenvalue weighted by Crippen LogP contribution is 2.22. The Morgan fingerprint density at radius 3 is 2.05 bits per heavy atom. The van der Waals surface area contributed by atoms with Gasteiger partial charge in [-0.3, -0.25) is 0 Å². The summed E-state index contributed by atoms with van der Waals surface area (Å²) in [6.07, 6.45) is 0. The molecule has 3 heteroatoms. The Labute approximate surface area is 131 Å². The first kappa shape index (κ1) is 14.8. The summed E-state index contributed by atoms with van der Waals surface area (Å²) in [5, 5.41) is 3.62. The van der Waals surface area contributed by atoms with Crippen LogP contribution in [-0.2, 0) is 0 Å². The van der Waals surface area contributed by atoms with Gasteiger partial charge in [0.05, 0.1) is 0 Å². The van der Waals surface area contributed by atoms with E-state index in [0.29, 0.717) is 12.1 Å². The molecule has 0 spiro atoms. The maximum atomic E-state index is 3.62.